The van der Waals surface area contributed by atoms with Crippen molar-refractivity contribution in [2.45, 2.75) is 11.8 Å². The van der Waals surface area contributed by atoms with Gasteiger partial charge in [0.15, 0.2) is 0 Å². The average molecular weight is 326 g/mol. The van der Waals surface area contributed by atoms with E-state index in [9.17, 15) is 22.6 Å². The van der Waals surface area contributed by atoms with Crippen LogP contribution in [-0.2, 0) is 19.7 Å². The molecule has 1 aromatic rings. The molecule has 22 heavy (non-hydrogen) atoms. The first-order valence-corrected chi connectivity index (χ1v) is 7.71. The van der Waals surface area contributed by atoms with Crippen LogP contribution in [0.5, 0.6) is 0 Å². The Balaban J connectivity index is 2.35. The number of anilines is 1. The SMILES string of the molecule is Cc1ccc(NC2=CC(=O)N(CCO)C2=O)c(S(=O)(=O)O)c1. The smallest absolute Gasteiger partial charge is 0.296 e. The number of hydrogen-bond donors (Lipinski definition) is 3. The first-order valence-electron chi connectivity index (χ1n) is 6.27. The summed E-state index contributed by atoms with van der Waals surface area (Å²) in [5, 5.41) is 11.4. The Morgan fingerprint density at radius 1 is 1.27 bits per heavy atom. The first kappa shape index (κ1) is 16.1. The Morgan fingerprint density at radius 2 is 1.95 bits per heavy atom. The number of amides is 2. The predicted octanol–water partition coefficient (Wildman–Crippen LogP) is -0.101. The molecule has 2 rings (SSSR count). The molecule has 0 aromatic heterocycles. The van der Waals surface area contributed by atoms with E-state index >= 15 is 0 Å². The molecular weight excluding hydrogens is 312 g/mol. The van der Waals surface area contributed by atoms with Gasteiger partial charge < -0.3 is 10.4 Å². The largest absolute Gasteiger partial charge is 0.395 e. The van der Waals surface area contributed by atoms with Crippen molar-refractivity contribution in [1.82, 2.24) is 4.90 Å². The van der Waals surface area contributed by atoms with E-state index in [1.54, 1.807) is 13.0 Å². The molecule has 0 saturated carbocycles. The van der Waals surface area contributed by atoms with Crippen molar-refractivity contribution >= 4 is 27.6 Å². The van der Waals surface area contributed by atoms with Gasteiger partial charge in [-0.3, -0.25) is 19.0 Å². The number of carbonyl (C=O) groups is 2. The van der Waals surface area contributed by atoms with Crippen LogP contribution in [0.25, 0.3) is 0 Å². The zero-order valence-electron chi connectivity index (χ0n) is 11.6. The van der Waals surface area contributed by atoms with Gasteiger partial charge in [0.2, 0.25) is 0 Å². The van der Waals surface area contributed by atoms with E-state index in [2.05, 4.69) is 5.32 Å². The number of aliphatic hydroxyl groups excluding tert-OH is 1. The Labute approximate surface area is 126 Å². The van der Waals surface area contributed by atoms with Crippen LogP contribution in [0.1, 0.15) is 5.56 Å². The van der Waals surface area contributed by atoms with Gasteiger partial charge in [-0.25, -0.2) is 0 Å². The Morgan fingerprint density at radius 3 is 2.55 bits per heavy atom. The molecular formula is C13H14N2O6S. The highest BCUT2D eigenvalue weighted by Crippen LogP contribution is 2.25. The van der Waals surface area contributed by atoms with E-state index in [0.717, 1.165) is 11.0 Å². The van der Waals surface area contributed by atoms with Gasteiger partial charge in [-0.15, -0.1) is 0 Å². The fourth-order valence-corrected chi connectivity index (χ4v) is 2.73. The zero-order valence-corrected chi connectivity index (χ0v) is 12.4. The number of carbonyl (C=O) groups excluding carboxylic acids is 2. The van der Waals surface area contributed by atoms with E-state index < -0.39 is 26.8 Å². The Kier molecular flexibility index (Phi) is 4.31. The normalized spacial score (nSPS) is 15.2. The summed E-state index contributed by atoms with van der Waals surface area (Å²) < 4.78 is 32.0. The summed E-state index contributed by atoms with van der Waals surface area (Å²) in [5.41, 5.74) is 0.446. The Hall–Kier alpha value is -2.23. The van der Waals surface area contributed by atoms with E-state index in [4.69, 9.17) is 5.11 Å². The summed E-state index contributed by atoms with van der Waals surface area (Å²) in [5.74, 6) is -1.29. The van der Waals surface area contributed by atoms with E-state index in [-0.39, 0.29) is 24.5 Å². The topological polar surface area (TPSA) is 124 Å². The minimum Gasteiger partial charge on any atom is -0.395 e. The van der Waals surface area contributed by atoms with Crippen LogP contribution in [0, 0.1) is 6.92 Å². The number of rotatable bonds is 5. The van der Waals surface area contributed by atoms with Crippen LogP contribution < -0.4 is 5.32 Å². The number of aryl methyl sites for hydroxylation is 1. The lowest BCUT2D eigenvalue weighted by atomic mass is 10.2. The van der Waals surface area contributed by atoms with Crippen molar-refractivity contribution in [1.29, 1.82) is 0 Å². The highest BCUT2D eigenvalue weighted by atomic mass is 32.2. The van der Waals surface area contributed by atoms with E-state index in [0.29, 0.717) is 5.56 Å². The van der Waals surface area contributed by atoms with Crippen LogP contribution in [-0.4, -0.2) is 47.9 Å². The second kappa shape index (κ2) is 5.87. The standard InChI is InChI=1S/C13H14N2O6S/c1-8-2-3-9(11(6-8)22(19,20)21)14-10-7-12(17)15(4-5-16)13(10)18/h2-3,6-7,14,16H,4-5H2,1H3,(H,19,20,21). The monoisotopic (exact) mass is 326 g/mol. The fourth-order valence-electron chi connectivity index (χ4n) is 2.00. The summed E-state index contributed by atoms with van der Waals surface area (Å²) >= 11 is 0. The van der Waals surface area contributed by atoms with Crippen LogP contribution in [0.3, 0.4) is 0 Å². The van der Waals surface area contributed by atoms with Gasteiger partial charge >= 0.3 is 0 Å². The first-order chi connectivity index (χ1) is 10.2. The van der Waals surface area contributed by atoms with Crippen LogP contribution in [0.15, 0.2) is 34.9 Å². The van der Waals surface area contributed by atoms with Gasteiger partial charge in [-0.1, -0.05) is 6.07 Å². The van der Waals surface area contributed by atoms with Crippen LogP contribution in [0.2, 0.25) is 0 Å². The molecule has 0 bridgehead atoms. The van der Waals surface area contributed by atoms with Crippen molar-refractivity contribution in [3.63, 3.8) is 0 Å². The summed E-state index contributed by atoms with van der Waals surface area (Å²) in [6.07, 6.45) is 1.01. The lowest BCUT2D eigenvalue weighted by Crippen LogP contribution is -2.34. The molecule has 1 heterocycles. The number of benzene rings is 1. The van der Waals surface area contributed by atoms with Gasteiger partial charge in [0, 0.05) is 6.08 Å². The maximum absolute atomic E-state index is 12.0. The van der Waals surface area contributed by atoms with E-state index in [1.807, 2.05) is 0 Å². The molecule has 8 nitrogen and oxygen atoms in total. The van der Waals surface area contributed by atoms with Crippen molar-refractivity contribution in [2.24, 2.45) is 0 Å². The number of nitrogens with zero attached hydrogens (tertiary/aromatic N) is 1. The molecule has 1 aromatic carbocycles. The Bertz CT molecular complexity index is 769. The quantitative estimate of drug-likeness (QED) is 0.510. The lowest BCUT2D eigenvalue weighted by Gasteiger charge is -2.14. The molecule has 1 aliphatic rings. The number of β-amino-alcohol motifs (C(OH)–C–C–N with tert-alkyl or cyclic N) is 1. The maximum atomic E-state index is 12.0. The van der Waals surface area contributed by atoms with Crippen molar-refractivity contribution < 1.29 is 27.7 Å². The summed E-state index contributed by atoms with van der Waals surface area (Å²) in [6, 6.07) is 4.21. The molecule has 0 radical (unpaired) electrons. The third-order valence-corrected chi connectivity index (χ3v) is 3.91. The highest BCUT2D eigenvalue weighted by Gasteiger charge is 2.31. The summed E-state index contributed by atoms with van der Waals surface area (Å²) in [4.78, 5) is 24.0. The second-order valence-electron chi connectivity index (χ2n) is 4.68. The molecule has 118 valence electrons. The summed E-state index contributed by atoms with van der Waals surface area (Å²) in [6.45, 7) is 1.11. The molecule has 1 aliphatic heterocycles. The number of aliphatic hydroxyl groups is 1. The van der Waals surface area contributed by atoms with Crippen molar-refractivity contribution in [2.75, 3.05) is 18.5 Å². The van der Waals surface area contributed by atoms with Gasteiger partial charge in [0.25, 0.3) is 21.9 Å². The third kappa shape index (κ3) is 3.16. The minimum absolute atomic E-state index is 0.0219. The molecule has 3 N–H and O–H groups in total. The number of hydrogen-bond acceptors (Lipinski definition) is 6. The second-order valence-corrected chi connectivity index (χ2v) is 6.07. The molecule has 0 atom stereocenters. The van der Waals surface area contributed by atoms with Gasteiger partial charge in [0.05, 0.1) is 18.8 Å². The molecule has 0 saturated heterocycles. The summed E-state index contributed by atoms with van der Waals surface area (Å²) in [7, 11) is -4.49. The maximum Gasteiger partial charge on any atom is 0.296 e. The molecule has 0 aliphatic carbocycles. The van der Waals surface area contributed by atoms with Crippen molar-refractivity contribution in [3.8, 4) is 0 Å². The van der Waals surface area contributed by atoms with Crippen molar-refractivity contribution in [3.05, 3.63) is 35.5 Å². The van der Waals surface area contributed by atoms with Gasteiger partial charge in [-0.05, 0) is 24.6 Å². The lowest BCUT2D eigenvalue weighted by molar-refractivity contribution is -0.137. The third-order valence-electron chi connectivity index (χ3n) is 3.02. The van der Waals surface area contributed by atoms with Crippen LogP contribution in [0.4, 0.5) is 5.69 Å². The fraction of sp³-hybridized carbons (Fsp3) is 0.231. The number of nitrogens with one attached hydrogen (secondary N) is 1. The van der Waals surface area contributed by atoms with Crippen LogP contribution >= 0.6 is 0 Å². The minimum atomic E-state index is -4.49. The average Bonchev–Trinajstić information content (AvgIpc) is 2.68. The van der Waals surface area contributed by atoms with Gasteiger partial charge in [0.1, 0.15) is 10.6 Å². The molecule has 0 spiro atoms. The van der Waals surface area contributed by atoms with E-state index in [1.165, 1.54) is 12.1 Å². The predicted molar refractivity (Wildman–Crippen MR) is 76.5 cm³/mol. The number of imide groups is 1. The molecule has 0 fully saturated rings. The molecule has 9 heteroatoms. The highest BCUT2D eigenvalue weighted by molar-refractivity contribution is 7.86. The molecule has 0 unspecified atom stereocenters. The zero-order chi connectivity index (χ0) is 16.5. The molecule has 2 amide bonds. The van der Waals surface area contributed by atoms with Gasteiger partial charge in [-0.2, -0.15) is 8.42 Å².